The Labute approximate surface area is 175 Å². The zero-order valence-corrected chi connectivity index (χ0v) is 17.9. The molecule has 1 aromatic heterocycles. The molecule has 0 aliphatic carbocycles. The van der Waals surface area contributed by atoms with Crippen molar-refractivity contribution in [3.05, 3.63) is 52.7 Å². The molecule has 1 aliphatic rings. The highest BCUT2D eigenvalue weighted by Crippen LogP contribution is 2.33. The molecule has 0 fully saturated rings. The maximum Gasteiger partial charge on any atom is 0.416 e. The predicted octanol–water partition coefficient (Wildman–Crippen LogP) is 5.60. The van der Waals surface area contributed by atoms with E-state index in [0.717, 1.165) is 54.0 Å². The standard InChI is InChI=1S/C23H28F3N3O/c1-5-16-12-19-18(27-21(16)28-20(30)13-22(2,3)4)10-11-29(19)14-15-6-8-17(9-7-15)23(24,25)26/h6-9,12H,5,10-11,13-14H2,1-4H3,(H,27,28,30). The van der Waals surface area contributed by atoms with E-state index < -0.39 is 11.7 Å². The first kappa shape index (κ1) is 22.1. The molecule has 2 aromatic rings. The monoisotopic (exact) mass is 419 g/mol. The Bertz CT molecular complexity index is 915. The summed E-state index contributed by atoms with van der Waals surface area (Å²) in [6.07, 6.45) is -2.46. The molecule has 1 amide bonds. The molecule has 4 nitrogen and oxygen atoms in total. The Kier molecular flexibility index (Phi) is 6.11. The first-order chi connectivity index (χ1) is 14.0. The van der Waals surface area contributed by atoms with Crippen LogP contribution in [-0.2, 0) is 30.4 Å². The molecule has 30 heavy (non-hydrogen) atoms. The van der Waals surface area contributed by atoms with Crippen LogP contribution >= 0.6 is 0 Å². The van der Waals surface area contributed by atoms with E-state index in [0.29, 0.717) is 18.8 Å². The zero-order valence-electron chi connectivity index (χ0n) is 17.9. The lowest BCUT2D eigenvalue weighted by Gasteiger charge is -2.21. The Balaban J connectivity index is 1.77. The van der Waals surface area contributed by atoms with Crippen LogP contribution in [0.15, 0.2) is 30.3 Å². The van der Waals surface area contributed by atoms with Gasteiger partial charge < -0.3 is 10.2 Å². The van der Waals surface area contributed by atoms with Crippen LogP contribution in [0.3, 0.4) is 0 Å². The third kappa shape index (κ3) is 5.32. The van der Waals surface area contributed by atoms with Gasteiger partial charge in [-0.3, -0.25) is 4.79 Å². The van der Waals surface area contributed by atoms with Crippen LogP contribution in [0.2, 0.25) is 0 Å². The second kappa shape index (κ2) is 8.28. The Morgan fingerprint density at radius 3 is 2.40 bits per heavy atom. The Morgan fingerprint density at radius 2 is 1.83 bits per heavy atom. The quantitative estimate of drug-likeness (QED) is 0.686. The predicted molar refractivity (Wildman–Crippen MR) is 113 cm³/mol. The summed E-state index contributed by atoms with van der Waals surface area (Å²) in [6, 6.07) is 7.34. The fourth-order valence-corrected chi connectivity index (χ4v) is 3.62. The number of aromatic nitrogens is 1. The van der Waals surface area contributed by atoms with Crippen molar-refractivity contribution in [2.45, 2.75) is 59.7 Å². The number of nitrogens with one attached hydrogen (secondary N) is 1. The van der Waals surface area contributed by atoms with E-state index in [1.54, 1.807) is 0 Å². The molecular weight excluding hydrogens is 391 g/mol. The van der Waals surface area contributed by atoms with Gasteiger partial charge in [0.25, 0.3) is 0 Å². The minimum Gasteiger partial charge on any atom is -0.365 e. The number of amides is 1. The van der Waals surface area contributed by atoms with Gasteiger partial charge in [-0.05, 0) is 41.2 Å². The molecule has 162 valence electrons. The number of halogens is 3. The number of hydrogen-bond acceptors (Lipinski definition) is 3. The van der Waals surface area contributed by atoms with E-state index in [9.17, 15) is 18.0 Å². The van der Waals surface area contributed by atoms with Gasteiger partial charge in [0.2, 0.25) is 5.91 Å². The number of anilines is 2. The number of hydrogen-bond donors (Lipinski definition) is 1. The van der Waals surface area contributed by atoms with Gasteiger partial charge in [0.05, 0.1) is 16.9 Å². The summed E-state index contributed by atoms with van der Waals surface area (Å²) in [7, 11) is 0. The number of pyridine rings is 1. The molecule has 0 atom stereocenters. The summed E-state index contributed by atoms with van der Waals surface area (Å²) in [5.41, 5.74) is 2.92. The summed E-state index contributed by atoms with van der Waals surface area (Å²) in [5, 5.41) is 2.96. The van der Waals surface area contributed by atoms with Crippen LogP contribution in [-0.4, -0.2) is 17.4 Å². The zero-order chi connectivity index (χ0) is 22.1. The summed E-state index contributed by atoms with van der Waals surface area (Å²) in [4.78, 5) is 19.2. The van der Waals surface area contributed by atoms with E-state index >= 15 is 0 Å². The summed E-state index contributed by atoms with van der Waals surface area (Å²) >= 11 is 0. The topological polar surface area (TPSA) is 45.2 Å². The minimum atomic E-state index is -4.33. The molecule has 0 saturated carbocycles. The molecule has 7 heteroatoms. The van der Waals surface area contributed by atoms with Gasteiger partial charge in [0, 0.05) is 25.9 Å². The fraction of sp³-hybridized carbons (Fsp3) is 0.478. The van der Waals surface area contributed by atoms with Crippen LogP contribution in [0.25, 0.3) is 0 Å². The molecule has 0 spiro atoms. The van der Waals surface area contributed by atoms with Gasteiger partial charge in [-0.2, -0.15) is 13.2 Å². The molecule has 0 unspecified atom stereocenters. The highest BCUT2D eigenvalue weighted by molar-refractivity contribution is 5.91. The minimum absolute atomic E-state index is 0.0516. The molecule has 1 aliphatic heterocycles. The second-order valence-electron chi connectivity index (χ2n) is 8.97. The second-order valence-corrected chi connectivity index (χ2v) is 8.97. The first-order valence-corrected chi connectivity index (χ1v) is 10.2. The molecule has 2 heterocycles. The van der Waals surface area contributed by atoms with E-state index in [4.69, 9.17) is 4.98 Å². The number of carbonyl (C=O) groups is 1. The number of carbonyl (C=O) groups excluding carboxylic acids is 1. The SMILES string of the molecule is CCc1cc2c(nc1NC(=O)CC(C)(C)C)CCN2Cc1ccc(C(F)(F)F)cc1. The number of benzene rings is 1. The maximum atomic E-state index is 12.8. The van der Waals surface area contributed by atoms with Gasteiger partial charge in [-0.1, -0.05) is 39.8 Å². The van der Waals surface area contributed by atoms with Crippen LogP contribution in [0.1, 0.15) is 56.5 Å². The highest BCUT2D eigenvalue weighted by atomic mass is 19.4. The smallest absolute Gasteiger partial charge is 0.365 e. The van der Waals surface area contributed by atoms with E-state index in [2.05, 4.69) is 10.2 Å². The first-order valence-electron chi connectivity index (χ1n) is 10.2. The Hall–Kier alpha value is -2.57. The van der Waals surface area contributed by atoms with E-state index in [1.165, 1.54) is 12.1 Å². The molecular formula is C23H28F3N3O. The van der Waals surface area contributed by atoms with Gasteiger partial charge in [-0.25, -0.2) is 4.98 Å². The number of nitrogens with zero attached hydrogens (tertiary/aromatic N) is 2. The van der Waals surface area contributed by atoms with Gasteiger partial charge in [-0.15, -0.1) is 0 Å². The van der Waals surface area contributed by atoms with Gasteiger partial charge in [0.1, 0.15) is 5.82 Å². The van der Waals surface area contributed by atoms with Gasteiger partial charge in [0.15, 0.2) is 0 Å². The summed E-state index contributed by atoms with van der Waals surface area (Å²) in [6.45, 7) is 9.32. The van der Waals surface area contributed by atoms with Crippen molar-refractivity contribution in [1.82, 2.24) is 4.98 Å². The molecule has 0 saturated heterocycles. The van der Waals surface area contributed by atoms with Crippen LogP contribution in [0.4, 0.5) is 24.7 Å². The van der Waals surface area contributed by atoms with Crippen LogP contribution < -0.4 is 10.2 Å². The third-order valence-corrected chi connectivity index (χ3v) is 5.10. The van der Waals surface area contributed by atoms with Crippen LogP contribution in [0, 0.1) is 5.41 Å². The van der Waals surface area contributed by atoms with Crippen LogP contribution in [0.5, 0.6) is 0 Å². The molecule has 0 bridgehead atoms. The lowest BCUT2D eigenvalue weighted by Crippen LogP contribution is -2.22. The van der Waals surface area contributed by atoms with Crippen molar-refractivity contribution in [3.63, 3.8) is 0 Å². The van der Waals surface area contributed by atoms with Crippen molar-refractivity contribution in [3.8, 4) is 0 Å². The lowest BCUT2D eigenvalue weighted by atomic mass is 9.92. The van der Waals surface area contributed by atoms with Crippen molar-refractivity contribution in [2.24, 2.45) is 5.41 Å². The van der Waals surface area contributed by atoms with Crippen molar-refractivity contribution in [2.75, 3.05) is 16.8 Å². The summed E-state index contributed by atoms with van der Waals surface area (Å²) in [5.74, 6) is 0.561. The third-order valence-electron chi connectivity index (χ3n) is 5.10. The van der Waals surface area contributed by atoms with Gasteiger partial charge >= 0.3 is 6.18 Å². The molecule has 1 aromatic carbocycles. The number of aryl methyl sites for hydroxylation is 1. The average Bonchev–Trinajstić information content (AvgIpc) is 3.00. The number of alkyl halides is 3. The maximum absolute atomic E-state index is 12.8. The number of fused-ring (bicyclic) bond motifs is 1. The lowest BCUT2D eigenvalue weighted by molar-refractivity contribution is -0.137. The fourth-order valence-electron chi connectivity index (χ4n) is 3.62. The average molecular weight is 419 g/mol. The number of rotatable bonds is 5. The van der Waals surface area contributed by atoms with Crippen molar-refractivity contribution >= 4 is 17.4 Å². The normalized spacial score (nSPS) is 14.0. The highest BCUT2D eigenvalue weighted by Gasteiger charge is 2.30. The van der Waals surface area contributed by atoms with Crippen molar-refractivity contribution in [1.29, 1.82) is 0 Å². The summed E-state index contributed by atoms with van der Waals surface area (Å²) < 4.78 is 38.3. The molecule has 3 rings (SSSR count). The van der Waals surface area contributed by atoms with E-state index in [1.807, 2.05) is 33.8 Å². The molecule has 0 radical (unpaired) electrons. The largest absolute Gasteiger partial charge is 0.416 e. The van der Waals surface area contributed by atoms with E-state index in [-0.39, 0.29) is 11.3 Å². The Morgan fingerprint density at radius 1 is 1.17 bits per heavy atom. The molecule has 1 N–H and O–H groups in total. The van der Waals surface area contributed by atoms with Crippen molar-refractivity contribution < 1.29 is 18.0 Å².